The number of benzene rings is 2. The predicted octanol–water partition coefficient (Wildman–Crippen LogP) is 4.71. The SMILES string of the molecule is CCCCc1nc2c(N)nc3ccccc3c2n1CCc1ccc(NC(C)=O)cc1. The molecule has 0 radical (unpaired) electrons. The van der Waals surface area contributed by atoms with E-state index in [0.717, 1.165) is 65.7 Å². The van der Waals surface area contributed by atoms with Gasteiger partial charge in [0, 0.05) is 31.0 Å². The summed E-state index contributed by atoms with van der Waals surface area (Å²) in [6.45, 7) is 4.51. The van der Waals surface area contributed by atoms with Crippen LogP contribution in [0.4, 0.5) is 11.5 Å². The van der Waals surface area contributed by atoms with Gasteiger partial charge in [-0.15, -0.1) is 0 Å². The minimum atomic E-state index is -0.0636. The molecule has 6 heteroatoms. The molecule has 0 atom stereocenters. The maximum Gasteiger partial charge on any atom is 0.221 e. The number of hydrogen-bond donors (Lipinski definition) is 2. The average molecular weight is 402 g/mol. The van der Waals surface area contributed by atoms with Gasteiger partial charge in [0.2, 0.25) is 5.91 Å². The first kappa shape index (κ1) is 19.9. The van der Waals surface area contributed by atoms with Crippen LogP contribution in [0.15, 0.2) is 48.5 Å². The zero-order valence-corrected chi connectivity index (χ0v) is 17.5. The van der Waals surface area contributed by atoms with E-state index >= 15 is 0 Å². The molecule has 0 saturated carbocycles. The van der Waals surface area contributed by atoms with Crippen molar-refractivity contribution in [2.24, 2.45) is 0 Å². The number of pyridine rings is 1. The molecule has 1 amide bonds. The molecule has 2 heterocycles. The Bertz CT molecular complexity index is 1190. The topological polar surface area (TPSA) is 85.8 Å². The van der Waals surface area contributed by atoms with Crippen LogP contribution in [-0.4, -0.2) is 20.4 Å². The summed E-state index contributed by atoms with van der Waals surface area (Å²) in [5.74, 6) is 1.48. The number of nitrogens with one attached hydrogen (secondary N) is 1. The number of unbranched alkanes of at least 4 members (excludes halogenated alkanes) is 1. The molecule has 2 aromatic carbocycles. The Morgan fingerprint density at radius 3 is 2.57 bits per heavy atom. The number of rotatable bonds is 7. The van der Waals surface area contributed by atoms with E-state index < -0.39 is 0 Å². The highest BCUT2D eigenvalue weighted by Gasteiger charge is 2.17. The van der Waals surface area contributed by atoms with Gasteiger partial charge in [-0.1, -0.05) is 43.7 Å². The summed E-state index contributed by atoms with van der Waals surface area (Å²) in [5.41, 5.74) is 11.1. The first-order valence-electron chi connectivity index (χ1n) is 10.5. The summed E-state index contributed by atoms with van der Waals surface area (Å²) in [5, 5.41) is 3.89. The Kier molecular flexibility index (Phi) is 5.65. The van der Waals surface area contributed by atoms with Gasteiger partial charge in [0.1, 0.15) is 11.3 Å². The van der Waals surface area contributed by atoms with Gasteiger partial charge in [-0.2, -0.15) is 0 Å². The van der Waals surface area contributed by atoms with Crippen molar-refractivity contribution >= 4 is 39.3 Å². The Balaban J connectivity index is 1.71. The average Bonchev–Trinajstić information content (AvgIpc) is 3.11. The molecule has 0 spiro atoms. The number of para-hydroxylation sites is 1. The number of hydrogen-bond acceptors (Lipinski definition) is 4. The lowest BCUT2D eigenvalue weighted by molar-refractivity contribution is -0.114. The van der Waals surface area contributed by atoms with E-state index in [1.54, 1.807) is 0 Å². The quantitative estimate of drug-likeness (QED) is 0.469. The fourth-order valence-electron chi connectivity index (χ4n) is 3.87. The van der Waals surface area contributed by atoms with E-state index in [4.69, 9.17) is 10.7 Å². The van der Waals surface area contributed by atoms with E-state index in [2.05, 4.69) is 40.0 Å². The van der Waals surface area contributed by atoms with Gasteiger partial charge in [-0.3, -0.25) is 4.79 Å². The molecule has 0 saturated heterocycles. The molecule has 4 aromatic rings. The van der Waals surface area contributed by atoms with Crippen LogP contribution < -0.4 is 11.1 Å². The Labute approximate surface area is 176 Å². The number of nitrogens with zero attached hydrogens (tertiary/aromatic N) is 3. The zero-order valence-electron chi connectivity index (χ0n) is 17.5. The number of fused-ring (bicyclic) bond motifs is 3. The van der Waals surface area contributed by atoms with Crippen LogP contribution >= 0.6 is 0 Å². The van der Waals surface area contributed by atoms with Crippen molar-refractivity contribution in [1.29, 1.82) is 0 Å². The number of carbonyl (C=O) groups excluding carboxylic acids is 1. The Hall–Kier alpha value is -3.41. The standard InChI is InChI=1S/C24H27N5O/c1-3-4-9-21-28-22-23(19-7-5-6-8-20(19)27-24(22)25)29(21)15-14-17-10-12-18(13-11-17)26-16(2)30/h5-8,10-13H,3-4,9,14-15H2,1-2H3,(H2,25,27)(H,26,30). The maximum absolute atomic E-state index is 11.2. The molecule has 3 N–H and O–H groups in total. The number of carbonyl (C=O) groups is 1. The smallest absolute Gasteiger partial charge is 0.221 e. The third kappa shape index (κ3) is 3.99. The van der Waals surface area contributed by atoms with Crippen molar-refractivity contribution in [3.05, 3.63) is 59.9 Å². The van der Waals surface area contributed by atoms with E-state index in [-0.39, 0.29) is 5.91 Å². The second kappa shape index (κ2) is 8.53. The molecule has 0 aliphatic rings. The van der Waals surface area contributed by atoms with Crippen LogP contribution in [0.5, 0.6) is 0 Å². The molecule has 0 aliphatic carbocycles. The minimum Gasteiger partial charge on any atom is -0.382 e. The third-order valence-electron chi connectivity index (χ3n) is 5.34. The lowest BCUT2D eigenvalue weighted by Crippen LogP contribution is -2.08. The van der Waals surface area contributed by atoms with Crippen molar-refractivity contribution < 1.29 is 4.79 Å². The number of nitrogen functional groups attached to an aromatic ring is 1. The molecule has 6 nitrogen and oxygen atoms in total. The van der Waals surface area contributed by atoms with Crippen molar-refractivity contribution in [1.82, 2.24) is 14.5 Å². The van der Waals surface area contributed by atoms with Gasteiger partial charge < -0.3 is 15.6 Å². The molecular weight excluding hydrogens is 374 g/mol. The van der Waals surface area contributed by atoms with Crippen LogP contribution in [0.2, 0.25) is 0 Å². The highest BCUT2D eigenvalue weighted by Crippen LogP contribution is 2.29. The maximum atomic E-state index is 11.2. The van der Waals surface area contributed by atoms with Crippen molar-refractivity contribution in [3.63, 3.8) is 0 Å². The van der Waals surface area contributed by atoms with Gasteiger partial charge >= 0.3 is 0 Å². The summed E-state index contributed by atoms with van der Waals surface area (Å²) in [4.78, 5) is 20.7. The second-order valence-corrected chi connectivity index (χ2v) is 7.62. The van der Waals surface area contributed by atoms with Gasteiger partial charge in [0.25, 0.3) is 0 Å². The lowest BCUT2D eigenvalue weighted by Gasteiger charge is -2.11. The number of imidazole rings is 1. The largest absolute Gasteiger partial charge is 0.382 e. The second-order valence-electron chi connectivity index (χ2n) is 7.62. The van der Waals surface area contributed by atoms with E-state index in [1.165, 1.54) is 12.5 Å². The number of anilines is 2. The molecule has 0 aliphatic heterocycles. The van der Waals surface area contributed by atoms with Gasteiger partial charge in [0.05, 0.1) is 11.0 Å². The summed E-state index contributed by atoms with van der Waals surface area (Å²) < 4.78 is 2.31. The molecular formula is C24H27N5O. The van der Waals surface area contributed by atoms with Gasteiger partial charge in [0.15, 0.2) is 5.82 Å². The van der Waals surface area contributed by atoms with E-state index in [9.17, 15) is 4.79 Å². The molecule has 30 heavy (non-hydrogen) atoms. The van der Waals surface area contributed by atoms with Crippen LogP contribution in [0, 0.1) is 0 Å². The molecule has 0 fully saturated rings. The highest BCUT2D eigenvalue weighted by atomic mass is 16.1. The molecule has 0 bridgehead atoms. The molecule has 4 rings (SSSR count). The van der Waals surface area contributed by atoms with Crippen LogP contribution in [-0.2, 0) is 24.2 Å². The normalized spacial score (nSPS) is 11.3. The predicted molar refractivity (Wildman–Crippen MR) is 123 cm³/mol. The van der Waals surface area contributed by atoms with E-state index in [1.807, 2.05) is 30.3 Å². The molecule has 0 unspecified atom stereocenters. The van der Waals surface area contributed by atoms with Crippen molar-refractivity contribution in [2.75, 3.05) is 11.1 Å². The van der Waals surface area contributed by atoms with Crippen LogP contribution in [0.3, 0.4) is 0 Å². The van der Waals surface area contributed by atoms with Gasteiger partial charge in [-0.25, -0.2) is 9.97 Å². The molecule has 154 valence electrons. The fourth-order valence-corrected chi connectivity index (χ4v) is 3.87. The Morgan fingerprint density at radius 2 is 1.83 bits per heavy atom. The van der Waals surface area contributed by atoms with Crippen molar-refractivity contribution in [2.45, 2.75) is 46.1 Å². The Morgan fingerprint density at radius 1 is 1.07 bits per heavy atom. The van der Waals surface area contributed by atoms with Crippen LogP contribution in [0.1, 0.15) is 38.1 Å². The minimum absolute atomic E-state index is 0.0636. The number of nitrogens with two attached hydrogens (primary N) is 1. The summed E-state index contributed by atoms with van der Waals surface area (Å²) in [6, 6.07) is 16.1. The highest BCUT2D eigenvalue weighted by molar-refractivity contribution is 6.06. The molecule has 2 aromatic heterocycles. The fraction of sp³-hybridized carbons (Fsp3) is 0.292. The van der Waals surface area contributed by atoms with Crippen molar-refractivity contribution in [3.8, 4) is 0 Å². The summed E-state index contributed by atoms with van der Waals surface area (Å²) >= 11 is 0. The monoisotopic (exact) mass is 401 g/mol. The summed E-state index contributed by atoms with van der Waals surface area (Å²) in [7, 11) is 0. The number of aryl methyl sites for hydroxylation is 3. The number of aromatic nitrogens is 3. The summed E-state index contributed by atoms with van der Waals surface area (Å²) in [6.07, 6.45) is 3.98. The number of amides is 1. The zero-order chi connectivity index (χ0) is 21.1. The van der Waals surface area contributed by atoms with Gasteiger partial charge in [-0.05, 0) is 36.6 Å². The third-order valence-corrected chi connectivity index (χ3v) is 5.34. The van der Waals surface area contributed by atoms with Crippen LogP contribution in [0.25, 0.3) is 21.9 Å². The first-order valence-corrected chi connectivity index (χ1v) is 10.5. The van der Waals surface area contributed by atoms with E-state index in [0.29, 0.717) is 5.82 Å². The lowest BCUT2D eigenvalue weighted by atomic mass is 10.1. The first-order chi connectivity index (χ1) is 14.6.